The van der Waals surface area contributed by atoms with Gasteiger partial charge in [-0.05, 0) is 32.4 Å². The largest absolute Gasteiger partial charge is 0.507 e. The van der Waals surface area contributed by atoms with Gasteiger partial charge < -0.3 is 19.9 Å². The summed E-state index contributed by atoms with van der Waals surface area (Å²) >= 11 is 0. The van der Waals surface area contributed by atoms with E-state index in [9.17, 15) is 15.0 Å². The van der Waals surface area contributed by atoms with Crippen LogP contribution in [0.2, 0.25) is 0 Å². The number of aromatic amines is 1. The van der Waals surface area contributed by atoms with Gasteiger partial charge in [0.1, 0.15) is 17.2 Å². The number of phenols is 2. The standard InChI is InChI=1S/C19H19NO4/c1-10(2)7-8-11-15(24-3)9-13-16(18(11)22)19(23)12-5-4-6-14(21)17(12)20-13/h4-7,9,21-22H,8H2,1-3H3,(H,20,23). The lowest BCUT2D eigenvalue weighted by molar-refractivity contribution is 0.403. The Balaban J connectivity index is 2.43. The minimum Gasteiger partial charge on any atom is -0.507 e. The molecule has 3 N–H and O–H groups in total. The van der Waals surface area contributed by atoms with Crippen LogP contribution in [0.4, 0.5) is 0 Å². The predicted octanol–water partition coefficient (Wildman–Crippen LogP) is 3.61. The lowest BCUT2D eigenvalue weighted by atomic mass is 10.0. The average molecular weight is 325 g/mol. The van der Waals surface area contributed by atoms with Crippen molar-refractivity contribution >= 4 is 21.8 Å². The summed E-state index contributed by atoms with van der Waals surface area (Å²) in [6.07, 6.45) is 2.43. The van der Waals surface area contributed by atoms with E-state index in [0.717, 1.165) is 5.57 Å². The highest BCUT2D eigenvalue weighted by Crippen LogP contribution is 2.36. The second-order valence-electron chi connectivity index (χ2n) is 5.97. The Bertz CT molecular complexity index is 1030. The zero-order valence-corrected chi connectivity index (χ0v) is 13.8. The molecule has 0 atom stereocenters. The third-order valence-corrected chi connectivity index (χ3v) is 4.07. The first-order valence-electron chi connectivity index (χ1n) is 7.64. The predicted molar refractivity (Wildman–Crippen MR) is 95.1 cm³/mol. The number of nitrogens with one attached hydrogen (secondary N) is 1. The molecule has 24 heavy (non-hydrogen) atoms. The molecule has 2 aromatic carbocycles. The molecule has 1 heterocycles. The van der Waals surface area contributed by atoms with Gasteiger partial charge in [0.2, 0.25) is 5.43 Å². The van der Waals surface area contributed by atoms with Crippen molar-refractivity contribution in [3.8, 4) is 17.2 Å². The summed E-state index contributed by atoms with van der Waals surface area (Å²) in [7, 11) is 1.52. The summed E-state index contributed by atoms with van der Waals surface area (Å²) < 4.78 is 5.37. The minimum absolute atomic E-state index is 0.0152. The number of aromatic nitrogens is 1. The van der Waals surface area contributed by atoms with E-state index >= 15 is 0 Å². The van der Waals surface area contributed by atoms with Crippen LogP contribution in [0.3, 0.4) is 0 Å². The number of hydrogen-bond donors (Lipinski definition) is 3. The van der Waals surface area contributed by atoms with Gasteiger partial charge in [-0.1, -0.05) is 17.7 Å². The van der Waals surface area contributed by atoms with E-state index in [1.54, 1.807) is 18.2 Å². The van der Waals surface area contributed by atoms with Crippen LogP contribution >= 0.6 is 0 Å². The van der Waals surface area contributed by atoms with Crippen molar-refractivity contribution in [1.29, 1.82) is 0 Å². The molecule has 0 bridgehead atoms. The molecule has 0 spiro atoms. The fourth-order valence-electron chi connectivity index (χ4n) is 2.83. The van der Waals surface area contributed by atoms with Crippen LogP contribution in [-0.2, 0) is 6.42 Å². The van der Waals surface area contributed by atoms with E-state index in [-0.39, 0.29) is 22.3 Å². The van der Waals surface area contributed by atoms with E-state index in [1.807, 2.05) is 19.9 Å². The number of allylic oxidation sites excluding steroid dienone is 2. The number of H-pyrrole nitrogens is 1. The molecule has 0 saturated carbocycles. The highest BCUT2D eigenvalue weighted by atomic mass is 16.5. The Labute approximate surface area is 138 Å². The Morgan fingerprint density at radius 2 is 2.04 bits per heavy atom. The average Bonchev–Trinajstić information content (AvgIpc) is 2.54. The van der Waals surface area contributed by atoms with Crippen LogP contribution in [0, 0.1) is 0 Å². The summed E-state index contributed by atoms with van der Waals surface area (Å²) in [5.74, 6) is 0.384. The normalized spacial score (nSPS) is 11.0. The van der Waals surface area contributed by atoms with Gasteiger partial charge >= 0.3 is 0 Å². The number of phenolic OH excluding ortho intramolecular Hbond substituents is 2. The van der Waals surface area contributed by atoms with Crippen LogP contribution in [0.25, 0.3) is 21.8 Å². The summed E-state index contributed by atoms with van der Waals surface area (Å²) in [4.78, 5) is 15.8. The van der Waals surface area contributed by atoms with Crippen molar-refractivity contribution in [2.24, 2.45) is 0 Å². The third-order valence-electron chi connectivity index (χ3n) is 4.07. The third kappa shape index (κ3) is 2.48. The van der Waals surface area contributed by atoms with Gasteiger partial charge in [-0.2, -0.15) is 0 Å². The number of methoxy groups -OCH3 is 1. The molecule has 0 radical (unpaired) electrons. The SMILES string of the molecule is COc1cc2[nH]c3c(O)cccc3c(=O)c2c(O)c1CC=C(C)C. The molecular weight excluding hydrogens is 306 g/mol. The molecule has 0 saturated heterocycles. The Kier molecular flexibility index (Phi) is 3.93. The van der Waals surface area contributed by atoms with Gasteiger partial charge in [0.25, 0.3) is 0 Å². The van der Waals surface area contributed by atoms with Gasteiger partial charge in [0.05, 0.1) is 28.9 Å². The Hall–Kier alpha value is -2.95. The van der Waals surface area contributed by atoms with Crippen molar-refractivity contribution in [3.05, 3.63) is 51.7 Å². The molecule has 5 heteroatoms. The monoisotopic (exact) mass is 325 g/mol. The number of para-hydroxylation sites is 1. The molecule has 0 unspecified atom stereocenters. The summed E-state index contributed by atoms with van der Waals surface area (Å²) in [6.45, 7) is 3.93. The molecule has 0 fully saturated rings. The van der Waals surface area contributed by atoms with Gasteiger partial charge in [-0.3, -0.25) is 4.79 Å². The molecule has 0 amide bonds. The van der Waals surface area contributed by atoms with Crippen LogP contribution in [0.5, 0.6) is 17.2 Å². The van der Waals surface area contributed by atoms with E-state index in [0.29, 0.717) is 34.2 Å². The molecule has 5 nitrogen and oxygen atoms in total. The second kappa shape index (κ2) is 5.92. The number of pyridine rings is 1. The van der Waals surface area contributed by atoms with Crippen LogP contribution in [0.15, 0.2) is 40.7 Å². The topological polar surface area (TPSA) is 82.5 Å². The van der Waals surface area contributed by atoms with E-state index < -0.39 is 0 Å². The van der Waals surface area contributed by atoms with Crippen molar-refractivity contribution in [1.82, 2.24) is 4.98 Å². The van der Waals surface area contributed by atoms with Gasteiger partial charge in [0, 0.05) is 11.6 Å². The van der Waals surface area contributed by atoms with Crippen molar-refractivity contribution < 1.29 is 14.9 Å². The highest BCUT2D eigenvalue weighted by Gasteiger charge is 2.18. The zero-order valence-electron chi connectivity index (χ0n) is 13.8. The second-order valence-corrected chi connectivity index (χ2v) is 5.97. The smallest absolute Gasteiger partial charge is 0.201 e. The van der Waals surface area contributed by atoms with E-state index in [2.05, 4.69) is 4.98 Å². The quantitative estimate of drug-likeness (QED) is 0.507. The lowest BCUT2D eigenvalue weighted by Crippen LogP contribution is -2.06. The van der Waals surface area contributed by atoms with E-state index in [1.165, 1.54) is 13.2 Å². The summed E-state index contributed by atoms with van der Waals surface area (Å²) in [5, 5.41) is 21.2. The van der Waals surface area contributed by atoms with Gasteiger partial charge in [-0.15, -0.1) is 0 Å². The van der Waals surface area contributed by atoms with Crippen LogP contribution in [0.1, 0.15) is 19.4 Å². The molecular formula is C19H19NO4. The summed E-state index contributed by atoms with van der Waals surface area (Å²) in [5.41, 5.74) is 2.11. The van der Waals surface area contributed by atoms with Crippen molar-refractivity contribution in [2.45, 2.75) is 20.3 Å². The first-order valence-corrected chi connectivity index (χ1v) is 7.64. The molecule has 1 aromatic heterocycles. The molecule has 0 aliphatic carbocycles. The highest BCUT2D eigenvalue weighted by molar-refractivity contribution is 5.99. The Morgan fingerprint density at radius 1 is 1.29 bits per heavy atom. The summed E-state index contributed by atoms with van der Waals surface area (Å²) in [6, 6.07) is 6.40. The molecule has 0 aliphatic heterocycles. The fraction of sp³-hybridized carbons (Fsp3) is 0.211. The first-order chi connectivity index (χ1) is 11.4. The van der Waals surface area contributed by atoms with Crippen LogP contribution < -0.4 is 10.2 Å². The molecule has 124 valence electrons. The number of fused-ring (bicyclic) bond motifs is 2. The maximum atomic E-state index is 12.8. The van der Waals surface area contributed by atoms with Crippen molar-refractivity contribution in [2.75, 3.05) is 7.11 Å². The zero-order chi connectivity index (χ0) is 17.4. The number of aromatic hydroxyl groups is 2. The minimum atomic E-state index is -0.326. The maximum Gasteiger partial charge on any atom is 0.201 e. The number of rotatable bonds is 3. The molecule has 3 aromatic rings. The Morgan fingerprint density at radius 3 is 2.71 bits per heavy atom. The molecule has 0 aliphatic rings. The number of ether oxygens (including phenoxy) is 1. The van der Waals surface area contributed by atoms with Crippen LogP contribution in [-0.4, -0.2) is 22.3 Å². The van der Waals surface area contributed by atoms with Gasteiger partial charge in [-0.25, -0.2) is 0 Å². The maximum absolute atomic E-state index is 12.8. The fourth-order valence-corrected chi connectivity index (χ4v) is 2.83. The van der Waals surface area contributed by atoms with E-state index in [4.69, 9.17) is 4.74 Å². The van der Waals surface area contributed by atoms with Gasteiger partial charge in [0.15, 0.2) is 0 Å². The molecule has 3 rings (SSSR count). The number of benzene rings is 2. The first kappa shape index (κ1) is 15.9. The lowest BCUT2D eigenvalue weighted by Gasteiger charge is -2.13. The number of hydrogen-bond acceptors (Lipinski definition) is 4. The van der Waals surface area contributed by atoms with Crippen molar-refractivity contribution in [3.63, 3.8) is 0 Å².